The van der Waals surface area contributed by atoms with Crippen LogP contribution in [-0.4, -0.2) is 31.7 Å². The van der Waals surface area contributed by atoms with Gasteiger partial charge in [0.25, 0.3) is 0 Å². The van der Waals surface area contributed by atoms with Gasteiger partial charge < -0.3 is 4.74 Å². The number of nitrogens with one attached hydrogen (secondary N) is 1. The number of carbonyl (C=O) groups is 1. The molecule has 94 valence electrons. The Morgan fingerprint density at radius 2 is 2.24 bits per heavy atom. The number of hydroxylamine groups is 2. The second-order valence-corrected chi connectivity index (χ2v) is 3.30. The van der Waals surface area contributed by atoms with E-state index in [0.717, 1.165) is 0 Å². The molecular formula is C11H15FN2O3. The van der Waals surface area contributed by atoms with Gasteiger partial charge in [-0.15, -0.1) is 0 Å². The van der Waals surface area contributed by atoms with Crippen LogP contribution in [0, 0.1) is 5.82 Å². The van der Waals surface area contributed by atoms with Crippen LogP contribution in [0.3, 0.4) is 0 Å². The van der Waals surface area contributed by atoms with E-state index in [4.69, 9.17) is 4.94 Å². The van der Waals surface area contributed by atoms with Gasteiger partial charge in [0.2, 0.25) is 0 Å². The van der Waals surface area contributed by atoms with E-state index in [1.54, 1.807) is 7.05 Å². The van der Waals surface area contributed by atoms with Crippen molar-refractivity contribution >= 4 is 11.7 Å². The van der Waals surface area contributed by atoms with Crippen LogP contribution in [0.2, 0.25) is 0 Å². The SMILES string of the molecule is CCN(C)ONc1cccc(C(=O)OC)c1F. The summed E-state index contributed by atoms with van der Waals surface area (Å²) in [5, 5.41) is 1.48. The van der Waals surface area contributed by atoms with Crippen molar-refractivity contribution in [2.24, 2.45) is 0 Å². The minimum atomic E-state index is -0.727. The van der Waals surface area contributed by atoms with Gasteiger partial charge in [0.1, 0.15) is 0 Å². The summed E-state index contributed by atoms with van der Waals surface area (Å²) in [6.07, 6.45) is 0. The molecule has 0 aliphatic heterocycles. The summed E-state index contributed by atoms with van der Waals surface area (Å²) in [6.45, 7) is 2.51. The summed E-state index contributed by atoms with van der Waals surface area (Å²) in [7, 11) is 2.89. The van der Waals surface area contributed by atoms with Crippen LogP contribution in [-0.2, 0) is 9.68 Å². The second kappa shape index (κ2) is 6.17. The lowest BCUT2D eigenvalue weighted by Crippen LogP contribution is -2.22. The summed E-state index contributed by atoms with van der Waals surface area (Å²) >= 11 is 0. The third kappa shape index (κ3) is 3.40. The lowest BCUT2D eigenvalue weighted by atomic mass is 10.2. The number of hydrogen-bond acceptors (Lipinski definition) is 5. The van der Waals surface area contributed by atoms with Crippen LogP contribution in [0.1, 0.15) is 17.3 Å². The predicted molar refractivity (Wildman–Crippen MR) is 60.8 cm³/mol. The molecule has 1 aromatic carbocycles. The molecule has 0 atom stereocenters. The van der Waals surface area contributed by atoms with Crippen LogP contribution in [0.4, 0.5) is 10.1 Å². The van der Waals surface area contributed by atoms with E-state index < -0.39 is 11.8 Å². The van der Waals surface area contributed by atoms with E-state index in [1.165, 1.54) is 30.4 Å². The zero-order chi connectivity index (χ0) is 12.8. The fourth-order valence-corrected chi connectivity index (χ4v) is 1.07. The topological polar surface area (TPSA) is 50.8 Å². The fraction of sp³-hybridized carbons (Fsp3) is 0.364. The van der Waals surface area contributed by atoms with Gasteiger partial charge in [-0.2, -0.15) is 10.0 Å². The molecule has 0 radical (unpaired) electrons. The molecule has 1 N–H and O–H groups in total. The summed E-state index contributed by atoms with van der Waals surface area (Å²) in [6, 6.07) is 4.34. The molecule has 0 aromatic heterocycles. The van der Waals surface area contributed by atoms with E-state index >= 15 is 0 Å². The van der Waals surface area contributed by atoms with Gasteiger partial charge in [-0.05, 0) is 12.1 Å². The lowest BCUT2D eigenvalue weighted by molar-refractivity contribution is -0.106. The molecule has 0 fully saturated rings. The number of halogens is 1. The van der Waals surface area contributed by atoms with E-state index in [1.807, 2.05) is 6.92 Å². The molecule has 0 amide bonds. The Balaban J connectivity index is 2.83. The first-order valence-electron chi connectivity index (χ1n) is 5.11. The highest BCUT2D eigenvalue weighted by atomic mass is 19.1. The lowest BCUT2D eigenvalue weighted by Gasteiger charge is -2.15. The summed E-state index contributed by atoms with van der Waals surface area (Å²) < 4.78 is 18.3. The Morgan fingerprint density at radius 1 is 1.53 bits per heavy atom. The Morgan fingerprint density at radius 3 is 2.82 bits per heavy atom. The van der Waals surface area contributed by atoms with Crippen molar-refractivity contribution in [3.05, 3.63) is 29.6 Å². The maximum atomic E-state index is 13.8. The smallest absolute Gasteiger partial charge is 0.340 e. The number of carbonyl (C=O) groups excluding carboxylic acids is 1. The molecule has 1 aromatic rings. The third-order valence-corrected chi connectivity index (χ3v) is 2.16. The van der Waals surface area contributed by atoms with Gasteiger partial charge in [0.05, 0.1) is 18.4 Å². The number of esters is 1. The second-order valence-electron chi connectivity index (χ2n) is 3.30. The van der Waals surface area contributed by atoms with Gasteiger partial charge in [-0.3, -0.25) is 0 Å². The van der Waals surface area contributed by atoms with E-state index in [-0.39, 0.29) is 11.3 Å². The molecular weight excluding hydrogens is 227 g/mol. The summed E-state index contributed by atoms with van der Waals surface area (Å²) in [5.74, 6) is -1.43. The maximum Gasteiger partial charge on any atom is 0.340 e. The molecule has 6 heteroatoms. The van der Waals surface area contributed by atoms with Crippen LogP contribution >= 0.6 is 0 Å². The van der Waals surface area contributed by atoms with Gasteiger partial charge >= 0.3 is 5.97 Å². The average molecular weight is 242 g/mol. The van der Waals surface area contributed by atoms with Gasteiger partial charge in [0.15, 0.2) is 5.82 Å². The van der Waals surface area contributed by atoms with Crippen molar-refractivity contribution in [1.29, 1.82) is 0 Å². The van der Waals surface area contributed by atoms with Crippen LogP contribution in [0.15, 0.2) is 18.2 Å². The molecule has 0 saturated heterocycles. The molecule has 0 spiro atoms. The van der Waals surface area contributed by atoms with Crippen molar-refractivity contribution in [1.82, 2.24) is 5.06 Å². The average Bonchev–Trinajstić information content (AvgIpc) is 2.36. The Labute approximate surface area is 99.0 Å². The minimum absolute atomic E-state index is 0.0770. The van der Waals surface area contributed by atoms with Crippen LogP contribution in [0.25, 0.3) is 0 Å². The number of benzene rings is 1. The zero-order valence-electron chi connectivity index (χ0n) is 9.99. The minimum Gasteiger partial charge on any atom is -0.465 e. The predicted octanol–water partition coefficient (Wildman–Crippen LogP) is 1.82. The number of nitrogens with zero attached hydrogens (tertiary/aromatic N) is 1. The zero-order valence-corrected chi connectivity index (χ0v) is 9.99. The molecule has 0 heterocycles. The van der Waals surface area contributed by atoms with Crippen LogP contribution < -0.4 is 5.48 Å². The Kier molecular flexibility index (Phi) is 4.86. The number of ether oxygens (including phenoxy) is 1. The maximum absolute atomic E-state index is 13.8. The molecule has 0 saturated carbocycles. The molecule has 1 rings (SSSR count). The first kappa shape index (κ1) is 13.4. The molecule has 0 aliphatic carbocycles. The monoisotopic (exact) mass is 242 g/mol. The van der Waals surface area contributed by atoms with Crippen molar-refractivity contribution in [3.63, 3.8) is 0 Å². The first-order chi connectivity index (χ1) is 8.10. The molecule has 5 nitrogen and oxygen atoms in total. The van der Waals surface area contributed by atoms with E-state index in [2.05, 4.69) is 10.2 Å². The highest BCUT2D eigenvalue weighted by molar-refractivity contribution is 5.90. The fourth-order valence-electron chi connectivity index (χ4n) is 1.07. The quantitative estimate of drug-likeness (QED) is 0.630. The van der Waals surface area contributed by atoms with Crippen molar-refractivity contribution in [3.8, 4) is 0 Å². The third-order valence-electron chi connectivity index (χ3n) is 2.16. The molecule has 0 bridgehead atoms. The molecule has 0 aliphatic rings. The number of rotatable bonds is 5. The van der Waals surface area contributed by atoms with Gasteiger partial charge in [0, 0.05) is 13.6 Å². The first-order valence-corrected chi connectivity index (χ1v) is 5.11. The van der Waals surface area contributed by atoms with E-state index in [9.17, 15) is 9.18 Å². The Bertz CT molecular complexity index is 398. The largest absolute Gasteiger partial charge is 0.465 e. The summed E-state index contributed by atoms with van der Waals surface area (Å²) in [5.41, 5.74) is 2.36. The standard InChI is InChI=1S/C11H15FN2O3/c1-4-14(2)17-13-9-7-5-6-8(10(9)12)11(15)16-3/h5-7,13H,4H2,1-3H3. The number of hydrogen-bond donors (Lipinski definition) is 1. The highest BCUT2D eigenvalue weighted by Gasteiger charge is 2.15. The molecule has 17 heavy (non-hydrogen) atoms. The molecule has 0 unspecified atom stereocenters. The van der Waals surface area contributed by atoms with E-state index in [0.29, 0.717) is 6.54 Å². The van der Waals surface area contributed by atoms with Crippen molar-refractivity contribution in [2.75, 3.05) is 26.2 Å². The summed E-state index contributed by atoms with van der Waals surface area (Å²) in [4.78, 5) is 16.3. The highest BCUT2D eigenvalue weighted by Crippen LogP contribution is 2.18. The van der Waals surface area contributed by atoms with Crippen LogP contribution in [0.5, 0.6) is 0 Å². The number of anilines is 1. The number of methoxy groups -OCH3 is 1. The van der Waals surface area contributed by atoms with Gasteiger partial charge in [-0.1, -0.05) is 13.0 Å². The van der Waals surface area contributed by atoms with Gasteiger partial charge in [-0.25, -0.2) is 14.7 Å². The normalized spacial score (nSPS) is 10.4. The van der Waals surface area contributed by atoms with Crippen molar-refractivity contribution in [2.45, 2.75) is 6.92 Å². The van der Waals surface area contributed by atoms with Crippen molar-refractivity contribution < 1.29 is 18.9 Å². The Hall–Kier alpha value is -1.66.